The van der Waals surface area contributed by atoms with Crippen LogP contribution < -0.4 is 16.6 Å². The number of benzene rings is 1. The Morgan fingerprint density at radius 1 is 1.34 bits per heavy atom. The molecule has 1 heterocycles. The van der Waals surface area contributed by atoms with Crippen molar-refractivity contribution in [2.75, 3.05) is 19.8 Å². The average molecular weight is 421 g/mol. The molecule has 0 aliphatic heterocycles. The number of nitrogens with two attached hydrogens (primary N) is 1. The molecule has 0 saturated carbocycles. The number of hydrogen-bond acceptors (Lipinski definition) is 6. The van der Waals surface area contributed by atoms with Crippen LogP contribution >= 0.6 is 7.60 Å². The van der Waals surface area contributed by atoms with Crippen LogP contribution in [0.5, 0.6) is 0 Å². The number of amidine groups is 1. The van der Waals surface area contributed by atoms with Crippen LogP contribution in [0.3, 0.4) is 0 Å². The van der Waals surface area contributed by atoms with Crippen LogP contribution in [0.1, 0.15) is 28.8 Å². The summed E-state index contributed by atoms with van der Waals surface area (Å²) in [6.07, 6.45) is 0.852. The van der Waals surface area contributed by atoms with Crippen molar-refractivity contribution in [3.05, 3.63) is 51.8 Å². The third-order valence-corrected chi connectivity index (χ3v) is 5.69. The predicted octanol–water partition coefficient (Wildman–Crippen LogP) is 1.07. The number of hydrogen-bond donors (Lipinski definition) is 4. The molecule has 10 nitrogen and oxygen atoms in total. The molecule has 2 aromatic rings. The van der Waals surface area contributed by atoms with Gasteiger partial charge in [0, 0.05) is 31.8 Å². The maximum Gasteiger partial charge on any atom is 0.327 e. The van der Waals surface area contributed by atoms with Crippen LogP contribution in [0, 0.1) is 5.41 Å². The van der Waals surface area contributed by atoms with E-state index in [0.29, 0.717) is 29.7 Å². The maximum atomic E-state index is 12.4. The van der Waals surface area contributed by atoms with Gasteiger partial charge in [-0.2, -0.15) is 5.10 Å². The zero-order valence-electron chi connectivity index (χ0n) is 16.2. The molecule has 0 radical (unpaired) electrons. The van der Waals surface area contributed by atoms with Gasteiger partial charge in [-0.3, -0.25) is 19.6 Å². The van der Waals surface area contributed by atoms with E-state index in [1.807, 2.05) is 0 Å². The Kier molecular flexibility index (Phi) is 7.44. The molecule has 1 unspecified atom stereocenters. The molecule has 1 atom stereocenters. The van der Waals surface area contributed by atoms with Gasteiger partial charge in [0.25, 0.3) is 11.5 Å². The van der Waals surface area contributed by atoms with Crippen LogP contribution in [-0.4, -0.2) is 46.2 Å². The smallest absolute Gasteiger partial charge is 0.327 e. The number of aryl methyl sites for hydroxylation is 1. The Morgan fingerprint density at radius 3 is 2.59 bits per heavy atom. The molecule has 0 fully saturated rings. The molecule has 0 aliphatic carbocycles. The minimum absolute atomic E-state index is 0.00318. The van der Waals surface area contributed by atoms with E-state index in [9.17, 15) is 19.0 Å². The van der Waals surface area contributed by atoms with Crippen molar-refractivity contribution >= 4 is 19.3 Å². The third-order valence-electron chi connectivity index (χ3n) is 4.24. The summed E-state index contributed by atoms with van der Waals surface area (Å²) in [6, 6.07) is 8.13. The summed E-state index contributed by atoms with van der Waals surface area (Å²) in [6.45, 7) is 0.247. The van der Waals surface area contributed by atoms with Crippen LogP contribution in [0.2, 0.25) is 0 Å². The van der Waals surface area contributed by atoms with Crippen LogP contribution in [0.25, 0.3) is 11.3 Å². The fourth-order valence-corrected chi connectivity index (χ4v) is 3.36. The van der Waals surface area contributed by atoms with Crippen LogP contribution in [0.4, 0.5) is 0 Å². The van der Waals surface area contributed by atoms with Crippen molar-refractivity contribution in [3.8, 4) is 11.3 Å². The van der Waals surface area contributed by atoms with Gasteiger partial charge in [-0.1, -0.05) is 24.3 Å². The fourth-order valence-electron chi connectivity index (χ4n) is 2.56. The molecule has 0 bridgehead atoms. The minimum Gasteiger partial charge on any atom is -0.384 e. The Hall–Kier alpha value is -2.81. The Bertz CT molecular complexity index is 1000. The highest BCUT2D eigenvalue weighted by atomic mass is 31.2. The van der Waals surface area contributed by atoms with E-state index in [1.165, 1.54) is 20.2 Å². The van der Waals surface area contributed by atoms with Gasteiger partial charge in [-0.05, 0) is 18.9 Å². The number of rotatable bonds is 9. The summed E-state index contributed by atoms with van der Waals surface area (Å²) in [7, 11) is -0.928. The number of nitrogen functional groups attached to an aromatic ring is 1. The van der Waals surface area contributed by atoms with E-state index in [1.54, 1.807) is 24.3 Å². The molecule has 29 heavy (non-hydrogen) atoms. The van der Waals surface area contributed by atoms with E-state index in [4.69, 9.17) is 11.1 Å². The highest BCUT2D eigenvalue weighted by molar-refractivity contribution is 7.52. The fraction of sp³-hybridized carbons (Fsp3) is 0.333. The van der Waals surface area contributed by atoms with E-state index >= 15 is 0 Å². The topological polar surface area (TPSA) is 160 Å². The quantitative estimate of drug-likeness (QED) is 0.204. The Labute approximate surface area is 167 Å². The minimum atomic E-state index is -3.56. The number of nitrogens with one attached hydrogen (secondary N) is 2. The molecular formula is C18H24N5O5P. The van der Waals surface area contributed by atoms with Crippen molar-refractivity contribution in [2.45, 2.75) is 12.8 Å². The van der Waals surface area contributed by atoms with Crippen molar-refractivity contribution < 1.29 is 18.8 Å². The van der Waals surface area contributed by atoms with Gasteiger partial charge in [-0.15, -0.1) is 0 Å². The van der Waals surface area contributed by atoms with Gasteiger partial charge in [-0.25, -0.2) is 4.68 Å². The normalized spacial score (nSPS) is 12.9. The van der Waals surface area contributed by atoms with Gasteiger partial charge in [0.15, 0.2) is 0 Å². The molecule has 0 spiro atoms. The first kappa shape index (κ1) is 22.5. The van der Waals surface area contributed by atoms with E-state index in [0.717, 1.165) is 4.68 Å². The van der Waals surface area contributed by atoms with Crippen molar-refractivity contribution in [1.29, 1.82) is 5.41 Å². The van der Waals surface area contributed by atoms with Crippen molar-refractivity contribution in [2.24, 2.45) is 12.8 Å². The van der Waals surface area contributed by atoms with E-state index in [-0.39, 0.29) is 24.1 Å². The summed E-state index contributed by atoms with van der Waals surface area (Å²) in [5, 5.41) is 14.2. The predicted molar refractivity (Wildman–Crippen MR) is 109 cm³/mol. The molecule has 1 amide bonds. The van der Waals surface area contributed by atoms with E-state index in [2.05, 4.69) is 14.9 Å². The summed E-state index contributed by atoms with van der Waals surface area (Å²) < 4.78 is 17.0. The molecule has 5 N–H and O–H groups in total. The highest BCUT2D eigenvalue weighted by Crippen LogP contribution is 2.41. The molecule has 0 aliphatic rings. The first-order valence-corrected chi connectivity index (χ1v) is 10.6. The Balaban J connectivity index is 2.10. The first-order chi connectivity index (χ1) is 13.6. The van der Waals surface area contributed by atoms with Gasteiger partial charge in [0.2, 0.25) is 0 Å². The molecule has 11 heteroatoms. The van der Waals surface area contributed by atoms with Crippen molar-refractivity contribution in [1.82, 2.24) is 15.1 Å². The van der Waals surface area contributed by atoms with Gasteiger partial charge in [0.05, 0.1) is 11.9 Å². The van der Waals surface area contributed by atoms with E-state index < -0.39 is 19.1 Å². The molecule has 0 saturated heterocycles. The average Bonchev–Trinajstić information content (AvgIpc) is 2.69. The lowest BCUT2D eigenvalue weighted by molar-refractivity contribution is 0.0951. The largest absolute Gasteiger partial charge is 0.384 e. The zero-order chi connectivity index (χ0) is 21.6. The number of aromatic nitrogens is 2. The van der Waals surface area contributed by atoms with Gasteiger partial charge in [0.1, 0.15) is 11.4 Å². The van der Waals surface area contributed by atoms with Crippen LogP contribution in [0.15, 0.2) is 35.1 Å². The maximum absolute atomic E-state index is 12.4. The third kappa shape index (κ3) is 6.08. The standard InChI is InChI=1S/C18H24N5O5P/c1-23-18(25)14(17(24)21-9-3-4-10-29(26,27)28-2)11-15(22-23)12-5-7-13(8-6-12)16(19)20/h5-8,11H,3-4,9-10H2,1-2H3,(H3,19,20)(H,21,24)(H,26,27). The first-order valence-electron chi connectivity index (χ1n) is 8.83. The second-order valence-electron chi connectivity index (χ2n) is 6.37. The summed E-state index contributed by atoms with van der Waals surface area (Å²) in [5.41, 5.74) is 6.49. The number of unbranched alkanes of at least 4 members (excludes halogenated alkanes) is 1. The summed E-state index contributed by atoms with van der Waals surface area (Å²) in [5.74, 6) is -0.610. The lowest BCUT2D eigenvalue weighted by Crippen LogP contribution is -2.34. The lowest BCUT2D eigenvalue weighted by atomic mass is 10.1. The van der Waals surface area contributed by atoms with Gasteiger partial charge < -0.3 is 20.5 Å². The second kappa shape index (κ2) is 9.60. The molecule has 1 aromatic heterocycles. The van der Waals surface area contributed by atoms with Crippen LogP contribution in [-0.2, 0) is 16.1 Å². The summed E-state index contributed by atoms with van der Waals surface area (Å²) >= 11 is 0. The summed E-state index contributed by atoms with van der Waals surface area (Å²) in [4.78, 5) is 34.1. The Morgan fingerprint density at radius 2 is 2.00 bits per heavy atom. The lowest BCUT2D eigenvalue weighted by Gasteiger charge is -2.10. The van der Waals surface area contributed by atoms with Gasteiger partial charge >= 0.3 is 7.60 Å². The SMILES string of the molecule is COP(=O)(O)CCCCNC(=O)c1cc(-c2ccc(C(=N)N)cc2)nn(C)c1=O. The number of carbonyl (C=O) groups is 1. The van der Waals surface area contributed by atoms with Crippen molar-refractivity contribution in [3.63, 3.8) is 0 Å². The highest BCUT2D eigenvalue weighted by Gasteiger charge is 2.17. The number of nitrogens with zero attached hydrogens (tertiary/aromatic N) is 2. The molecule has 1 aromatic carbocycles. The number of amides is 1. The second-order valence-corrected chi connectivity index (χ2v) is 8.46. The number of carbonyl (C=O) groups excluding carboxylic acids is 1. The molecule has 156 valence electrons. The molecular weight excluding hydrogens is 397 g/mol. The molecule has 2 rings (SSSR count). The monoisotopic (exact) mass is 421 g/mol. The zero-order valence-corrected chi connectivity index (χ0v) is 17.1.